The van der Waals surface area contributed by atoms with Gasteiger partial charge in [0.25, 0.3) is 5.56 Å². The van der Waals surface area contributed by atoms with Crippen molar-refractivity contribution < 1.29 is 13.5 Å². The van der Waals surface area contributed by atoms with Crippen LogP contribution in [0.1, 0.15) is 16.7 Å². The monoisotopic (exact) mass is 396 g/mol. The van der Waals surface area contributed by atoms with Gasteiger partial charge in [-0.15, -0.1) is 0 Å². The molecule has 4 rings (SSSR count). The molecule has 0 aliphatic heterocycles. The summed E-state index contributed by atoms with van der Waals surface area (Å²) in [4.78, 5) is 17.3. The first-order valence-corrected chi connectivity index (χ1v) is 8.97. The Hall–Kier alpha value is -3.55. The van der Waals surface area contributed by atoms with Gasteiger partial charge in [-0.1, -0.05) is 24.3 Å². The molecule has 0 aliphatic rings. The zero-order valence-electron chi connectivity index (χ0n) is 15.8. The lowest BCUT2D eigenvalue weighted by Crippen LogP contribution is -2.21. The van der Waals surface area contributed by atoms with E-state index in [1.165, 1.54) is 23.2 Å². The van der Waals surface area contributed by atoms with Crippen molar-refractivity contribution in [2.24, 2.45) is 0 Å². The van der Waals surface area contributed by atoms with Crippen molar-refractivity contribution in [2.45, 2.75) is 27.0 Å². The van der Waals surface area contributed by atoms with Gasteiger partial charge in [0.15, 0.2) is 5.65 Å². The Morgan fingerprint density at radius 1 is 1.10 bits per heavy atom. The van der Waals surface area contributed by atoms with Gasteiger partial charge in [-0.05, 0) is 43.2 Å². The zero-order chi connectivity index (χ0) is 20.5. The highest BCUT2D eigenvalue weighted by Crippen LogP contribution is 2.21. The first-order chi connectivity index (χ1) is 13.9. The molecule has 0 aliphatic carbocycles. The normalized spacial score (nSPS) is 11.3. The van der Waals surface area contributed by atoms with Gasteiger partial charge in [-0.2, -0.15) is 13.9 Å². The van der Waals surface area contributed by atoms with Crippen molar-refractivity contribution in [2.75, 3.05) is 0 Å². The molecule has 148 valence electrons. The largest absolute Gasteiger partial charge is 0.434 e. The highest BCUT2D eigenvalue weighted by atomic mass is 19.3. The summed E-state index contributed by atoms with van der Waals surface area (Å²) in [6.07, 6.45) is 2.87. The fourth-order valence-electron chi connectivity index (χ4n) is 3.35. The highest BCUT2D eigenvalue weighted by molar-refractivity contribution is 5.75. The standard InChI is InChI=1S/C21H18F2N4O2/c1-13-7-14(2)9-16(8-13)27-19-17(10-25-27)20(28)26(12-24-19)11-15-5-3-4-6-18(15)29-21(22)23/h3-10,12,21H,11H2,1-2H3. The summed E-state index contributed by atoms with van der Waals surface area (Å²) in [6, 6.07) is 12.3. The Morgan fingerprint density at radius 2 is 1.83 bits per heavy atom. The van der Waals surface area contributed by atoms with Gasteiger partial charge in [-0.3, -0.25) is 9.36 Å². The number of para-hydroxylation sites is 1. The second-order valence-electron chi connectivity index (χ2n) is 6.80. The molecule has 0 amide bonds. The van der Waals surface area contributed by atoms with E-state index in [0.717, 1.165) is 16.8 Å². The van der Waals surface area contributed by atoms with Crippen LogP contribution in [0.3, 0.4) is 0 Å². The third kappa shape index (κ3) is 3.73. The molecule has 4 aromatic rings. The molecule has 0 unspecified atom stereocenters. The van der Waals surface area contributed by atoms with E-state index in [-0.39, 0.29) is 17.9 Å². The van der Waals surface area contributed by atoms with Crippen molar-refractivity contribution in [1.82, 2.24) is 19.3 Å². The number of aryl methyl sites for hydroxylation is 2. The molecule has 29 heavy (non-hydrogen) atoms. The quantitative estimate of drug-likeness (QED) is 0.514. The third-order valence-electron chi connectivity index (χ3n) is 4.53. The van der Waals surface area contributed by atoms with Crippen molar-refractivity contribution in [3.05, 3.63) is 82.0 Å². The molecule has 0 atom stereocenters. The number of halogens is 2. The Bertz CT molecular complexity index is 1230. The second kappa shape index (κ2) is 7.46. The number of hydrogen-bond donors (Lipinski definition) is 0. The predicted octanol–water partition coefficient (Wildman–Crippen LogP) is 3.85. The number of aromatic nitrogens is 4. The van der Waals surface area contributed by atoms with Crippen molar-refractivity contribution in [3.8, 4) is 11.4 Å². The Balaban J connectivity index is 1.74. The number of benzene rings is 2. The summed E-state index contributed by atoms with van der Waals surface area (Å²) in [5.41, 5.74) is 3.56. The molecule has 2 aromatic heterocycles. The molecule has 0 saturated heterocycles. The molecule has 0 saturated carbocycles. The van der Waals surface area contributed by atoms with Gasteiger partial charge in [0.05, 0.1) is 18.4 Å². The molecular formula is C21H18F2N4O2. The van der Waals surface area contributed by atoms with Crippen LogP contribution < -0.4 is 10.3 Å². The van der Waals surface area contributed by atoms with Gasteiger partial charge in [0, 0.05) is 5.56 Å². The molecule has 8 heteroatoms. The summed E-state index contributed by atoms with van der Waals surface area (Å²) >= 11 is 0. The summed E-state index contributed by atoms with van der Waals surface area (Å²) in [5, 5.41) is 4.68. The van der Waals surface area contributed by atoms with Crippen LogP contribution in [0.5, 0.6) is 5.75 Å². The molecule has 6 nitrogen and oxygen atoms in total. The number of rotatable bonds is 5. The number of ether oxygens (including phenoxy) is 1. The molecule has 0 bridgehead atoms. The maximum atomic E-state index is 12.9. The van der Waals surface area contributed by atoms with Crippen molar-refractivity contribution in [1.29, 1.82) is 0 Å². The minimum Gasteiger partial charge on any atom is -0.434 e. The van der Waals surface area contributed by atoms with E-state index in [2.05, 4.69) is 20.9 Å². The summed E-state index contributed by atoms with van der Waals surface area (Å²) in [7, 11) is 0. The van der Waals surface area contributed by atoms with E-state index < -0.39 is 6.61 Å². The van der Waals surface area contributed by atoms with Gasteiger partial charge in [0.1, 0.15) is 17.5 Å². The van der Waals surface area contributed by atoms with Crippen LogP contribution in [0.2, 0.25) is 0 Å². The van der Waals surface area contributed by atoms with Gasteiger partial charge in [0.2, 0.25) is 0 Å². The molecule has 0 spiro atoms. The van der Waals surface area contributed by atoms with Gasteiger partial charge >= 0.3 is 6.61 Å². The van der Waals surface area contributed by atoms with Crippen LogP contribution in [0.4, 0.5) is 8.78 Å². The molecule has 2 heterocycles. The molecule has 2 aromatic carbocycles. The first-order valence-electron chi connectivity index (χ1n) is 8.97. The maximum Gasteiger partial charge on any atom is 0.387 e. The lowest BCUT2D eigenvalue weighted by atomic mass is 10.1. The first kappa shape index (κ1) is 18.8. The van der Waals surface area contributed by atoms with Gasteiger partial charge in [-0.25, -0.2) is 9.67 Å². The van der Waals surface area contributed by atoms with Gasteiger partial charge < -0.3 is 4.74 Å². The van der Waals surface area contributed by atoms with E-state index in [4.69, 9.17) is 0 Å². The third-order valence-corrected chi connectivity index (χ3v) is 4.53. The maximum absolute atomic E-state index is 12.9. The van der Waals surface area contributed by atoms with Crippen LogP contribution in [-0.4, -0.2) is 25.9 Å². The number of nitrogens with zero attached hydrogens (tertiary/aromatic N) is 4. The predicted molar refractivity (Wildman–Crippen MR) is 105 cm³/mol. The van der Waals surface area contributed by atoms with Crippen molar-refractivity contribution >= 4 is 11.0 Å². The summed E-state index contributed by atoms with van der Waals surface area (Å²) in [6.45, 7) is 1.09. The van der Waals surface area contributed by atoms with Crippen LogP contribution >= 0.6 is 0 Å². The lowest BCUT2D eigenvalue weighted by molar-refractivity contribution is -0.0504. The van der Waals surface area contributed by atoms with E-state index in [1.54, 1.807) is 22.9 Å². The van der Waals surface area contributed by atoms with Crippen LogP contribution in [0, 0.1) is 13.8 Å². The van der Waals surface area contributed by atoms with Crippen molar-refractivity contribution in [3.63, 3.8) is 0 Å². The Labute approximate surface area is 165 Å². The van der Waals surface area contributed by atoms with E-state index in [1.807, 2.05) is 26.0 Å². The summed E-state index contributed by atoms with van der Waals surface area (Å²) < 4.78 is 32.8. The molecule has 0 fully saturated rings. The second-order valence-corrected chi connectivity index (χ2v) is 6.80. The average molecular weight is 396 g/mol. The highest BCUT2D eigenvalue weighted by Gasteiger charge is 2.14. The lowest BCUT2D eigenvalue weighted by Gasteiger charge is -2.12. The minimum atomic E-state index is -2.94. The SMILES string of the molecule is Cc1cc(C)cc(-n2ncc3c(=O)n(Cc4ccccc4OC(F)F)cnc32)c1. The molecular weight excluding hydrogens is 378 g/mol. The zero-order valence-corrected chi connectivity index (χ0v) is 15.8. The minimum absolute atomic E-state index is 0.0282. The fourth-order valence-corrected chi connectivity index (χ4v) is 3.35. The fraction of sp³-hybridized carbons (Fsp3) is 0.190. The topological polar surface area (TPSA) is 61.9 Å². The number of alkyl halides is 2. The summed E-state index contributed by atoms with van der Waals surface area (Å²) in [5.74, 6) is 0.0282. The Morgan fingerprint density at radius 3 is 2.55 bits per heavy atom. The smallest absolute Gasteiger partial charge is 0.387 e. The number of hydrogen-bond acceptors (Lipinski definition) is 4. The van der Waals surface area contributed by atoms with E-state index in [9.17, 15) is 13.6 Å². The van der Waals surface area contributed by atoms with Crippen LogP contribution in [0.25, 0.3) is 16.7 Å². The van der Waals surface area contributed by atoms with Crippen LogP contribution in [0.15, 0.2) is 59.8 Å². The molecule has 0 N–H and O–H groups in total. The number of fused-ring (bicyclic) bond motifs is 1. The van der Waals surface area contributed by atoms with E-state index >= 15 is 0 Å². The average Bonchev–Trinajstić information content (AvgIpc) is 3.09. The Kier molecular flexibility index (Phi) is 4.84. The molecule has 0 radical (unpaired) electrons. The van der Waals surface area contributed by atoms with E-state index in [0.29, 0.717) is 16.6 Å². The van der Waals surface area contributed by atoms with Crippen LogP contribution in [-0.2, 0) is 6.54 Å².